The molecule has 3 heterocycles. The molecular formula is C22H25Cl2IN6OS. The first-order valence-corrected chi connectivity index (χ1v) is 14.8. The molecule has 11 heteroatoms. The summed E-state index contributed by atoms with van der Waals surface area (Å²) >= 11 is 14.4. The molecule has 33 heavy (non-hydrogen) atoms. The molecule has 1 N–H and O–H groups in total. The number of fused-ring (bicyclic) bond motifs is 1. The summed E-state index contributed by atoms with van der Waals surface area (Å²) in [5.41, 5.74) is 1.64. The van der Waals surface area contributed by atoms with Gasteiger partial charge in [-0.1, -0.05) is 23.2 Å². The van der Waals surface area contributed by atoms with E-state index in [1.54, 1.807) is 33.6 Å². The van der Waals surface area contributed by atoms with E-state index in [1.165, 1.54) is 0 Å². The summed E-state index contributed by atoms with van der Waals surface area (Å²) in [5.74, 6) is 0.977. The van der Waals surface area contributed by atoms with E-state index in [1.807, 2.05) is 15.1 Å². The van der Waals surface area contributed by atoms with Gasteiger partial charge in [0.25, 0.3) is 0 Å². The van der Waals surface area contributed by atoms with Gasteiger partial charge in [0.2, 0.25) is 5.91 Å². The van der Waals surface area contributed by atoms with Crippen LogP contribution in [0.15, 0.2) is 36.8 Å². The van der Waals surface area contributed by atoms with Crippen molar-refractivity contribution in [1.29, 1.82) is 0 Å². The van der Waals surface area contributed by atoms with Crippen LogP contribution in [0.25, 0.3) is 11.0 Å². The Morgan fingerprint density at radius 1 is 1.30 bits per heavy atom. The predicted octanol–water partition coefficient (Wildman–Crippen LogP) is 5.90. The maximum atomic E-state index is 13.0. The predicted molar refractivity (Wildman–Crippen MR) is 147 cm³/mol. The molecule has 2 aromatic heterocycles. The third kappa shape index (κ3) is 5.63. The number of hydrogen-bond acceptors (Lipinski definition) is 6. The van der Waals surface area contributed by atoms with Crippen molar-refractivity contribution in [3.8, 4) is 0 Å². The van der Waals surface area contributed by atoms with Gasteiger partial charge in [0, 0.05) is 77.4 Å². The van der Waals surface area contributed by atoms with Gasteiger partial charge < -0.3 is 15.1 Å². The van der Waals surface area contributed by atoms with Crippen LogP contribution in [0.5, 0.6) is 0 Å². The SMILES string of the molecule is CC(C)N(c1ncnc2c1ccn2SI)C1CCCN(C(=O)CNc2cc(Cl)cc(Cl)c2)C1. The van der Waals surface area contributed by atoms with Gasteiger partial charge in [-0.2, -0.15) is 0 Å². The highest BCUT2D eigenvalue weighted by Gasteiger charge is 2.31. The molecule has 7 nitrogen and oxygen atoms in total. The number of aromatic nitrogens is 3. The molecule has 1 aliphatic rings. The summed E-state index contributed by atoms with van der Waals surface area (Å²) in [7, 11) is 1.58. The van der Waals surface area contributed by atoms with Crippen LogP contribution in [0.3, 0.4) is 0 Å². The number of halogens is 3. The minimum Gasteiger partial charge on any atom is -0.376 e. The number of likely N-dealkylation sites (tertiary alicyclic amines) is 1. The van der Waals surface area contributed by atoms with Gasteiger partial charge in [0.15, 0.2) is 5.65 Å². The van der Waals surface area contributed by atoms with Crippen molar-refractivity contribution in [1.82, 2.24) is 18.8 Å². The Labute approximate surface area is 219 Å². The maximum absolute atomic E-state index is 13.0. The number of piperidine rings is 1. The highest BCUT2D eigenvalue weighted by Crippen LogP contribution is 2.32. The van der Waals surface area contributed by atoms with E-state index in [9.17, 15) is 4.79 Å². The number of rotatable bonds is 7. The maximum Gasteiger partial charge on any atom is 0.241 e. The van der Waals surface area contributed by atoms with Gasteiger partial charge in [-0.25, -0.2) is 9.97 Å². The van der Waals surface area contributed by atoms with Crippen LogP contribution in [-0.4, -0.2) is 56.5 Å². The van der Waals surface area contributed by atoms with E-state index < -0.39 is 0 Å². The summed E-state index contributed by atoms with van der Waals surface area (Å²) in [6.45, 7) is 5.94. The fourth-order valence-corrected chi connectivity index (χ4v) is 6.17. The van der Waals surface area contributed by atoms with E-state index in [4.69, 9.17) is 23.2 Å². The average molecular weight is 619 g/mol. The molecule has 176 valence electrons. The molecule has 0 saturated carbocycles. The molecule has 4 rings (SSSR count). The Morgan fingerprint density at radius 3 is 2.76 bits per heavy atom. The zero-order chi connectivity index (χ0) is 23.5. The summed E-state index contributed by atoms with van der Waals surface area (Å²) < 4.78 is 2.03. The second kappa shape index (κ2) is 10.9. The van der Waals surface area contributed by atoms with E-state index in [0.717, 1.165) is 41.9 Å². The van der Waals surface area contributed by atoms with Crippen molar-refractivity contribution in [2.45, 2.75) is 38.8 Å². The standard InChI is InChI=1S/C22H25Cl2IN6OS/c1-14(2)31(22-19-5-7-30(33-25)21(19)27-13-28-22)18-4-3-6-29(12-18)20(32)11-26-17-9-15(23)8-16(24)10-17/h5,7-10,13-14,18,26H,3-4,6,11-12H2,1-2H3. The van der Waals surface area contributed by atoms with Gasteiger partial charge in [0.1, 0.15) is 12.1 Å². The highest BCUT2D eigenvalue weighted by atomic mass is 127. The molecule has 1 aromatic carbocycles. The normalized spacial score (nSPS) is 16.4. The van der Waals surface area contributed by atoms with E-state index in [0.29, 0.717) is 16.6 Å². The summed E-state index contributed by atoms with van der Waals surface area (Å²) in [5, 5.41) is 5.25. The zero-order valence-corrected chi connectivity index (χ0v) is 22.8. The number of nitrogens with one attached hydrogen (secondary N) is 1. The number of nitrogens with zero attached hydrogens (tertiary/aromatic N) is 5. The van der Waals surface area contributed by atoms with Crippen LogP contribution in [0, 0.1) is 0 Å². The Kier molecular flexibility index (Phi) is 8.14. The molecule has 1 saturated heterocycles. The van der Waals surface area contributed by atoms with Crippen molar-refractivity contribution in [3.05, 3.63) is 46.8 Å². The van der Waals surface area contributed by atoms with Gasteiger partial charge in [-0.3, -0.25) is 8.77 Å². The smallest absolute Gasteiger partial charge is 0.241 e. The fraction of sp³-hybridized carbons (Fsp3) is 0.409. The molecular weight excluding hydrogens is 594 g/mol. The van der Waals surface area contributed by atoms with E-state index in [-0.39, 0.29) is 24.5 Å². The lowest BCUT2D eigenvalue weighted by Crippen LogP contribution is -2.53. The first kappa shape index (κ1) is 24.7. The molecule has 1 aliphatic heterocycles. The van der Waals surface area contributed by atoms with Crippen LogP contribution in [0.4, 0.5) is 11.5 Å². The van der Waals surface area contributed by atoms with Gasteiger partial charge >= 0.3 is 0 Å². The van der Waals surface area contributed by atoms with Gasteiger partial charge in [-0.15, -0.1) is 0 Å². The van der Waals surface area contributed by atoms with Crippen LogP contribution in [0.2, 0.25) is 10.0 Å². The first-order chi connectivity index (χ1) is 15.9. The second-order valence-electron chi connectivity index (χ2n) is 8.29. The zero-order valence-electron chi connectivity index (χ0n) is 18.3. The van der Waals surface area contributed by atoms with Crippen molar-refractivity contribution in [2.24, 2.45) is 0 Å². The quantitative estimate of drug-likeness (QED) is 0.333. The fourth-order valence-electron chi connectivity index (χ4n) is 4.37. The van der Waals surface area contributed by atoms with Crippen LogP contribution < -0.4 is 10.2 Å². The summed E-state index contributed by atoms with van der Waals surface area (Å²) in [4.78, 5) is 26.4. The lowest BCUT2D eigenvalue weighted by Gasteiger charge is -2.42. The van der Waals surface area contributed by atoms with Crippen molar-refractivity contribution in [2.75, 3.05) is 29.9 Å². The molecule has 0 radical (unpaired) electrons. The average Bonchev–Trinajstić information content (AvgIpc) is 3.21. The lowest BCUT2D eigenvalue weighted by atomic mass is 10.0. The molecule has 1 fully saturated rings. The van der Waals surface area contributed by atoms with Gasteiger partial charge in [0.05, 0.1) is 11.9 Å². The van der Waals surface area contributed by atoms with Crippen molar-refractivity contribution in [3.63, 3.8) is 0 Å². The lowest BCUT2D eigenvalue weighted by molar-refractivity contribution is -0.130. The second-order valence-corrected chi connectivity index (χ2v) is 10.9. The van der Waals surface area contributed by atoms with Crippen LogP contribution in [0.1, 0.15) is 26.7 Å². The minimum atomic E-state index is 0.0554. The van der Waals surface area contributed by atoms with E-state index in [2.05, 4.69) is 61.3 Å². The number of carbonyl (C=O) groups excluding carboxylic acids is 1. The number of amides is 1. The third-order valence-electron chi connectivity index (χ3n) is 5.75. The molecule has 3 aromatic rings. The Hall–Kier alpha value is -1.43. The third-order valence-corrected chi connectivity index (χ3v) is 7.90. The Morgan fingerprint density at radius 2 is 2.06 bits per heavy atom. The molecule has 1 amide bonds. The Bertz CT molecular complexity index is 1120. The summed E-state index contributed by atoms with van der Waals surface area (Å²) in [6.07, 6.45) is 5.60. The molecule has 1 unspecified atom stereocenters. The van der Waals surface area contributed by atoms with Crippen LogP contribution >= 0.6 is 53.5 Å². The van der Waals surface area contributed by atoms with Crippen molar-refractivity contribution >= 4 is 82.0 Å². The highest BCUT2D eigenvalue weighted by molar-refractivity contribution is 14.2. The Balaban J connectivity index is 1.50. The molecule has 1 atom stereocenters. The minimum absolute atomic E-state index is 0.0554. The first-order valence-electron chi connectivity index (χ1n) is 10.7. The summed E-state index contributed by atoms with van der Waals surface area (Å²) in [6, 6.07) is 7.67. The van der Waals surface area contributed by atoms with Gasteiger partial charge in [-0.05, 0) is 51.0 Å². The number of hydrogen-bond donors (Lipinski definition) is 1. The molecule has 0 bridgehead atoms. The molecule has 0 spiro atoms. The largest absolute Gasteiger partial charge is 0.376 e. The number of anilines is 2. The van der Waals surface area contributed by atoms with E-state index >= 15 is 0 Å². The number of benzene rings is 1. The topological polar surface area (TPSA) is 66.3 Å². The monoisotopic (exact) mass is 618 g/mol. The van der Waals surface area contributed by atoms with Crippen molar-refractivity contribution < 1.29 is 4.79 Å². The number of carbonyl (C=O) groups is 1. The van der Waals surface area contributed by atoms with Crippen LogP contribution in [-0.2, 0) is 4.79 Å². The molecule has 0 aliphatic carbocycles.